The molecule has 3 aliphatic heterocycles. The summed E-state index contributed by atoms with van der Waals surface area (Å²) in [7, 11) is 0. The summed E-state index contributed by atoms with van der Waals surface area (Å²) >= 11 is 1.70. The summed E-state index contributed by atoms with van der Waals surface area (Å²) in [6.07, 6.45) is 0. The first-order chi connectivity index (χ1) is 12.5. The first-order valence-electron chi connectivity index (χ1n) is 9.16. The molecule has 0 saturated carbocycles. The van der Waals surface area contributed by atoms with Crippen LogP contribution in [-0.4, -0.2) is 71.8 Å². The Balaban J connectivity index is 1.45. The lowest BCUT2D eigenvalue weighted by atomic mass is 10.0. The lowest BCUT2D eigenvalue weighted by Gasteiger charge is -2.30. The van der Waals surface area contributed by atoms with Crippen molar-refractivity contribution in [2.45, 2.75) is 30.0 Å². The van der Waals surface area contributed by atoms with Gasteiger partial charge in [0.15, 0.2) is 0 Å². The Morgan fingerprint density at radius 2 is 2.04 bits per heavy atom. The molecule has 2 atom stereocenters. The van der Waals surface area contributed by atoms with E-state index in [2.05, 4.69) is 24.1 Å². The van der Waals surface area contributed by atoms with Gasteiger partial charge in [0.1, 0.15) is 11.4 Å². The molecule has 4 rings (SSSR count). The average molecular weight is 375 g/mol. The molecule has 0 spiro atoms. The van der Waals surface area contributed by atoms with Crippen molar-refractivity contribution < 1.29 is 14.3 Å². The van der Waals surface area contributed by atoms with E-state index in [-0.39, 0.29) is 21.9 Å². The molecule has 2 amide bonds. The van der Waals surface area contributed by atoms with E-state index in [0.29, 0.717) is 6.54 Å². The predicted octanol–water partition coefficient (Wildman–Crippen LogP) is 1.48. The monoisotopic (exact) mass is 375 g/mol. The molecule has 3 aliphatic rings. The minimum atomic E-state index is -0.456. The SMILES string of the molecule is CC1(C)S[C@@H]2c3ccccc3C(=O)N2[C@@H]1C(=O)NCCN1CCOCC1. The third kappa shape index (κ3) is 3.02. The highest BCUT2D eigenvalue weighted by Crippen LogP contribution is 2.56. The molecule has 6 nitrogen and oxygen atoms in total. The molecular formula is C19H25N3O3S. The molecule has 7 heteroatoms. The zero-order chi connectivity index (χ0) is 18.3. The van der Waals surface area contributed by atoms with E-state index in [9.17, 15) is 9.59 Å². The van der Waals surface area contributed by atoms with Crippen LogP contribution in [0.3, 0.4) is 0 Å². The Kier molecular flexibility index (Phi) is 4.71. The third-order valence-corrected chi connectivity index (χ3v) is 6.91. The number of hydrogen-bond donors (Lipinski definition) is 1. The number of carbonyl (C=O) groups excluding carboxylic acids is 2. The number of morpholine rings is 1. The quantitative estimate of drug-likeness (QED) is 0.864. The van der Waals surface area contributed by atoms with Crippen molar-refractivity contribution in [3.8, 4) is 0 Å². The van der Waals surface area contributed by atoms with Crippen molar-refractivity contribution in [3.05, 3.63) is 35.4 Å². The molecule has 3 heterocycles. The first-order valence-corrected chi connectivity index (χ1v) is 10.0. The molecule has 1 N–H and O–H groups in total. The van der Waals surface area contributed by atoms with E-state index in [4.69, 9.17) is 4.74 Å². The van der Waals surface area contributed by atoms with Gasteiger partial charge in [0, 0.05) is 36.5 Å². The Labute approximate surface area is 158 Å². The van der Waals surface area contributed by atoms with E-state index < -0.39 is 6.04 Å². The molecule has 0 unspecified atom stereocenters. The van der Waals surface area contributed by atoms with E-state index in [0.717, 1.165) is 44.0 Å². The molecule has 140 valence electrons. The second kappa shape index (κ2) is 6.87. The van der Waals surface area contributed by atoms with Crippen LogP contribution in [0.25, 0.3) is 0 Å². The van der Waals surface area contributed by atoms with E-state index >= 15 is 0 Å². The summed E-state index contributed by atoms with van der Waals surface area (Å²) in [5, 5.41) is 2.99. The maximum atomic E-state index is 13.0. The van der Waals surface area contributed by atoms with Crippen LogP contribution in [0.2, 0.25) is 0 Å². The summed E-state index contributed by atoms with van der Waals surface area (Å²) < 4.78 is 5.03. The van der Waals surface area contributed by atoms with Crippen molar-refractivity contribution >= 4 is 23.6 Å². The number of fused-ring (bicyclic) bond motifs is 3. The largest absolute Gasteiger partial charge is 0.379 e. The fourth-order valence-corrected chi connectivity index (χ4v) is 5.65. The normalized spacial score (nSPS) is 27.3. The zero-order valence-corrected chi connectivity index (χ0v) is 16.1. The van der Waals surface area contributed by atoms with Gasteiger partial charge >= 0.3 is 0 Å². The van der Waals surface area contributed by atoms with Crippen molar-refractivity contribution in [2.75, 3.05) is 39.4 Å². The highest BCUT2D eigenvalue weighted by molar-refractivity contribution is 8.01. The molecule has 2 saturated heterocycles. The topological polar surface area (TPSA) is 61.9 Å². The number of ether oxygens (including phenoxy) is 1. The summed E-state index contributed by atoms with van der Waals surface area (Å²) in [6, 6.07) is 7.24. The molecule has 1 aromatic rings. The maximum Gasteiger partial charge on any atom is 0.256 e. The van der Waals surface area contributed by atoms with Gasteiger partial charge in [0.05, 0.1) is 13.2 Å². The van der Waals surface area contributed by atoms with E-state index in [1.165, 1.54) is 0 Å². The molecule has 0 aromatic heterocycles. The zero-order valence-electron chi connectivity index (χ0n) is 15.2. The smallest absolute Gasteiger partial charge is 0.256 e. The molecule has 2 fully saturated rings. The summed E-state index contributed by atoms with van der Waals surface area (Å²) in [6.45, 7) is 8.83. The van der Waals surface area contributed by atoms with Gasteiger partial charge in [-0.1, -0.05) is 18.2 Å². The molecule has 26 heavy (non-hydrogen) atoms. The number of nitrogens with one attached hydrogen (secondary N) is 1. The molecular weight excluding hydrogens is 350 g/mol. The highest BCUT2D eigenvalue weighted by atomic mass is 32.2. The maximum absolute atomic E-state index is 13.0. The summed E-state index contributed by atoms with van der Waals surface area (Å²) in [5.41, 5.74) is 1.76. The van der Waals surface area contributed by atoms with Gasteiger partial charge in [-0.15, -0.1) is 11.8 Å². The van der Waals surface area contributed by atoms with Crippen LogP contribution in [0.5, 0.6) is 0 Å². The number of benzene rings is 1. The summed E-state index contributed by atoms with van der Waals surface area (Å²) in [4.78, 5) is 30.0. The van der Waals surface area contributed by atoms with Crippen LogP contribution in [-0.2, 0) is 9.53 Å². The fraction of sp³-hybridized carbons (Fsp3) is 0.579. The van der Waals surface area contributed by atoms with Gasteiger partial charge in [-0.3, -0.25) is 14.5 Å². The minimum Gasteiger partial charge on any atom is -0.379 e. The van der Waals surface area contributed by atoms with Crippen molar-refractivity contribution in [3.63, 3.8) is 0 Å². The minimum absolute atomic E-state index is 0.0306. The number of amides is 2. The lowest BCUT2D eigenvalue weighted by Crippen LogP contribution is -2.53. The molecule has 0 radical (unpaired) electrons. The van der Waals surface area contributed by atoms with Gasteiger partial charge < -0.3 is 15.0 Å². The van der Waals surface area contributed by atoms with Crippen LogP contribution in [0.1, 0.15) is 35.1 Å². The number of thioether (sulfide) groups is 1. The van der Waals surface area contributed by atoms with Crippen LogP contribution >= 0.6 is 11.8 Å². The fourth-order valence-electron chi connectivity index (χ4n) is 4.06. The van der Waals surface area contributed by atoms with E-state index in [1.807, 2.05) is 24.3 Å². The number of carbonyl (C=O) groups is 2. The van der Waals surface area contributed by atoms with Crippen molar-refractivity contribution in [2.24, 2.45) is 0 Å². The number of nitrogens with zero attached hydrogens (tertiary/aromatic N) is 2. The molecule has 1 aromatic carbocycles. The second-order valence-electron chi connectivity index (χ2n) is 7.52. The van der Waals surface area contributed by atoms with Gasteiger partial charge in [0.25, 0.3) is 5.91 Å². The Morgan fingerprint density at radius 3 is 2.81 bits per heavy atom. The summed E-state index contributed by atoms with van der Waals surface area (Å²) in [5.74, 6) is -0.0866. The van der Waals surface area contributed by atoms with Crippen LogP contribution in [0.4, 0.5) is 0 Å². The first kappa shape index (κ1) is 17.8. The van der Waals surface area contributed by atoms with Crippen LogP contribution in [0, 0.1) is 0 Å². The molecule has 0 bridgehead atoms. The van der Waals surface area contributed by atoms with Gasteiger partial charge in [0.2, 0.25) is 5.91 Å². The van der Waals surface area contributed by atoms with Crippen LogP contribution in [0.15, 0.2) is 24.3 Å². The second-order valence-corrected chi connectivity index (χ2v) is 9.26. The standard InChI is InChI=1S/C19H25N3O3S/c1-19(2)15(16(23)20-7-8-21-9-11-25-12-10-21)22-17(24)13-5-3-4-6-14(13)18(22)26-19/h3-6,15,18H,7-12H2,1-2H3,(H,20,23)/t15-,18-/m1/s1. The van der Waals surface area contributed by atoms with Crippen molar-refractivity contribution in [1.82, 2.24) is 15.1 Å². The van der Waals surface area contributed by atoms with Gasteiger partial charge in [-0.25, -0.2) is 0 Å². The van der Waals surface area contributed by atoms with E-state index in [1.54, 1.807) is 16.7 Å². The number of rotatable bonds is 4. The van der Waals surface area contributed by atoms with Gasteiger partial charge in [-0.2, -0.15) is 0 Å². The van der Waals surface area contributed by atoms with Gasteiger partial charge in [-0.05, 0) is 25.5 Å². The Morgan fingerprint density at radius 1 is 1.31 bits per heavy atom. The highest BCUT2D eigenvalue weighted by Gasteiger charge is 2.57. The predicted molar refractivity (Wildman–Crippen MR) is 101 cm³/mol. The number of hydrogen-bond acceptors (Lipinski definition) is 5. The molecule has 0 aliphatic carbocycles. The third-order valence-electron chi connectivity index (χ3n) is 5.38. The van der Waals surface area contributed by atoms with Crippen LogP contribution < -0.4 is 5.32 Å². The Hall–Kier alpha value is -1.57. The van der Waals surface area contributed by atoms with Crippen molar-refractivity contribution in [1.29, 1.82) is 0 Å². The lowest BCUT2D eigenvalue weighted by molar-refractivity contribution is -0.126. The Bertz CT molecular complexity index is 718. The average Bonchev–Trinajstić information content (AvgIpc) is 3.06.